The first-order valence-corrected chi connectivity index (χ1v) is 8.24. The third-order valence-corrected chi connectivity index (χ3v) is 3.96. The Bertz CT molecular complexity index is 491. The predicted molar refractivity (Wildman–Crippen MR) is 82.7 cm³/mol. The summed E-state index contributed by atoms with van der Waals surface area (Å²) in [5.41, 5.74) is 0. The van der Waals surface area contributed by atoms with Gasteiger partial charge in [0, 0.05) is 6.42 Å². The number of ether oxygens (including phenoxy) is 2. The summed E-state index contributed by atoms with van der Waals surface area (Å²) in [5.74, 6) is 10.6. The molecule has 2 aliphatic rings. The average Bonchev–Trinajstić information content (AvgIpc) is 3.28. The van der Waals surface area contributed by atoms with Gasteiger partial charge in [-0.15, -0.1) is 0 Å². The van der Waals surface area contributed by atoms with Crippen LogP contribution in [0.15, 0.2) is 0 Å². The van der Waals surface area contributed by atoms with Crippen LogP contribution >= 0.6 is 0 Å². The molecule has 2 heterocycles. The van der Waals surface area contributed by atoms with E-state index in [1.165, 1.54) is 0 Å². The van der Waals surface area contributed by atoms with Crippen LogP contribution in [-0.2, 0) is 14.3 Å². The van der Waals surface area contributed by atoms with Crippen LogP contribution in [0, 0.1) is 23.7 Å². The number of aliphatic hydroxyl groups excluding tert-OH is 1. The summed E-state index contributed by atoms with van der Waals surface area (Å²) in [5, 5.41) is 9.89. The van der Waals surface area contributed by atoms with Gasteiger partial charge in [0.25, 0.3) is 0 Å². The first-order valence-electron chi connectivity index (χ1n) is 8.24. The molecule has 0 aromatic rings. The minimum atomic E-state index is -0.780. The molecule has 0 saturated carbocycles. The van der Waals surface area contributed by atoms with Crippen LogP contribution < -0.4 is 0 Å². The number of hydrogen-bond acceptors (Lipinski definition) is 4. The van der Waals surface area contributed by atoms with Crippen LogP contribution in [0.5, 0.6) is 0 Å². The number of carbonyl (C=O) groups excluding carboxylic acids is 1. The first kappa shape index (κ1) is 16.9. The molecule has 4 heteroatoms. The van der Waals surface area contributed by atoms with Crippen LogP contribution in [0.2, 0.25) is 0 Å². The van der Waals surface area contributed by atoms with Crippen molar-refractivity contribution in [1.29, 1.82) is 0 Å². The highest BCUT2D eigenvalue weighted by Gasteiger charge is 2.43. The van der Waals surface area contributed by atoms with E-state index in [1.807, 2.05) is 6.92 Å². The van der Waals surface area contributed by atoms with Gasteiger partial charge in [0.15, 0.2) is 6.10 Å². The van der Waals surface area contributed by atoms with Gasteiger partial charge in [0.1, 0.15) is 12.2 Å². The van der Waals surface area contributed by atoms with Crippen LogP contribution in [0.1, 0.15) is 58.3 Å². The number of epoxide rings is 1. The Kier molecular flexibility index (Phi) is 6.77. The van der Waals surface area contributed by atoms with E-state index in [1.54, 1.807) is 0 Å². The van der Waals surface area contributed by atoms with E-state index in [9.17, 15) is 9.90 Å². The van der Waals surface area contributed by atoms with Gasteiger partial charge in [0.2, 0.25) is 0 Å². The zero-order valence-electron chi connectivity index (χ0n) is 13.1. The topological polar surface area (TPSA) is 59.1 Å². The molecule has 22 heavy (non-hydrogen) atoms. The largest absolute Gasteiger partial charge is 0.449 e. The smallest absolute Gasteiger partial charge is 0.307 e. The van der Waals surface area contributed by atoms with Gasteiger partial charge in [-0.1, -0.05) is 38.5 Å². The molecule has 1 N–H and O–H groups in total. The molecule has 0 bridgehead atoms. The number of carbonyl (C=O) groups is 1. The van der Waals surface area contributed by atoms with Crippen molar-refractivity contribution in [2.24, 2.45) is 0 Å². The molecule has 2 aliphatic heterocycles. The van der Waals surface area contributed by atoms with E-state index in [-0.39, 0.29) is 18.2 Å². The van der Waals surface area contributed by atoms with E-state index < -0.39 is 12.2 Å². The van der Waals surface area contributed by atoms with E-state index in [2.05, 4.69) is 23.7 Å². The predicted octanol–water partition coefficient (Wildman–Crippen LogP) is 2.19. The van der Waals surface area contributed by atoms with Crippen LogP contribution in [0.3, 0.4) is 0 Å². The highest BCUT2D eigenvalue weighted by atomic mass is 16.6. The molecular formula is C18H24O4. The van der Waals surface area contributed by atoms with Crippen molar-refractivity contribution >= 4 is 5.97 Å². The summed E-state index contributed by atoms with van der Waals surface area (Å²) in [7, 11) is 0. The maximum atomic E-state index is 11.7. The first-order chi connectivity index (χ1) is 10.7. The third-order valence-electron chi connectivity index (χ3n) is 3.96. The summed E-state index contributed by atoms with van der Waals surface area (Å²) in [6, 6.07) is 0. The third kappa shape index (κ3) is 5.72. The number of rotatable bonds is 1. The van der Waals surface area contributed by atoms with Crippen LogP contribution in [-0.4, -0.2) is 35.5 Å². The molecule has 0 radical (unpaired) electrons. The van der Waals surface area contributed by atoms with Crippen LogP contribution in [0.4, 0.5) is 0 Å². The van der Waals surface area contributed by atoms with Crippen molar-refractivity contribution < 1.29 is 19.4 Å². The minimum Gasteiger partial charge on any atom is -0.449 e. The van der Waals surface area contributed by atoms with E-state index in [4.69, 9.17) is 9.47 Å². The SMILES string of the molecule is CC[C@H]1C#CC#C[C@@H](O)[C@@H]2O[C@@H]2CCCCCCCC(=O)O1. The molecule has 4 atom stereocenters. The fourth-order valence-corrected chi connectivity index (χ4v) is 2.55. The average molecular weight is 304 g/mol. The fourth-order valence-electron chi connectivity index (χ4n) is 2.55. The van der Waals surface area contributed by atoms with Gasteiger partial charge in [-0.2, -0.15) is 0 Å². The summed E-state index contributed by atoms with van der Waals surface area (Å²) < 4.78 is 10.8. The Morgan fingerprint density at radius 2 is 1.86 bits per heavy atom. The Labute approximate surface area is 132 Å². The zero-order valence-corrected chi connectivity index (χ0v) is 13.1. The molecule has 1 saturated heterocycles. The highest BCUT2D eigenvalue weighted by Crippen LogP contribution is 2.30. The molecule has 120 valence electrons. The van der Waals surface area contributed by atoms with Crippen molar-refractivity contribution in [1.82, 2.24) is 0 Å². The lowest BCUT2D eigenvalue weighted by atomic mass is 10.1. The van der Waals surface area contributed by atoms with Crippen LogP contribution in [0.25, 0.3) is 0 Å². The second-order valence-electron chi connectivity index (χ2n) is 5.82. The molecule has 1 fully saturated rings. The fraction of sp³-hybridized carbons (Fsp3) is 0.722. The number of cyclic esters (lactones) is 1. The van der Waals surface area contributed by atoms with E-state index in [0.717, 1.165) is 38.5 Å². The van der Waals surface area contributed by atoms with Gasteiger partial charge < -0.3 is 14.6 Å². The molecule has 0 amide bonds. The quantitative estimate of drug-likeness (QED) is 0.458. The lowest BCUT2D eigenvalue weighted by Gasteiger charge is -2.09. The van der Waals surface area contributed by atoms with Gasteiger partial charge in [-0.05, 0) is 37.0 Å². The van der Waals surface area contributed by atoms with E-state index in [0.29, 0.717) is 12.8 Å². The Hall–Kier alpha value is -1.49. The van der Waals surface area contributed by atoms with Gasteiger partial charge in [-0.25, -0.2) is 0 Å². The van der Waals surface area contributed by atoms with Crippen molar-refractivity contribution in [3.05, 3.63) is 0 Å². The Morgan fingerprint density at radius 3 is 2.68 bits per heavy atom. The molecule has 0 spiro atoms. The minimum absolute atomic E-state index is 0.140. The lowest BCUT2D eigenvalue weighted by Crippen LogP contribution is -2.15. The standard InChI is InChI=1S/C18H24O4/c1-2-14-10-8-9-11-15(19)18-16(22-18)12-6-4-3-5-7-13-17(20)21-14/h14-16,18-19H,2-7,12-13H2,1H3/t14-,15+,16+,18-/m0/s1. The highest BCUT2D eigenvalue weighted by molar-refractivity contribution is 5.69. The molecule has 2 rings (SSSR count). The zero-order chi connectivity index (χ0) is 15.8. The second kappa shape index (κ2) is 8.83. The molecule has 4 nitrogen and oxygen atoms in total. The summed E-state index contributed by atoms with van der Waals surface area (Å²) >= 11 is 0. The van der Waals surface area contributed by atoms with Gasteiger partial charge in [-0.3, -0.25) is 4.79 Å². The maximum Gasteiger partial charge on any atom is 0.307 e. The van der Waals surface area contributed by atoms with E-state index >= 15 is 0 Å². The molecule has 0 unspecified atom stereocenters. The normalized spacial score (nSPS) is 33.1. The summed E-state index contributed by atoms with van der Waals surface area (Å²) in [4.78, 5) is 11.7. The second-order valence-corrected chi connectivity index (χ2v) is 5.82. The van der Waals surface area contributed by atoms with Crippen molar-refractivity contribution in [3.63, 3.8) is 0 Å². The number of esters is 1. The van der Waals surface area contributed by atoms with Crippen molar-refractivity contribution in [2.45, 2.75) is 82.7 Å². The monoisotopic (exact) mass is 304 g/mol. The molecular weight excluding hydrogens is 280 g/mol. The molecule has 0 aromatic heterocycles. The van der Waals surface area contributed by atoms with Crippen molar-refractivity contribution in [3.8, 4) is 23.7 Å². The number of aliphatic hydroxyl groups is 1. The lowest BCUT2D eigenvalue weighted by molar-refractivity contribution is -0.146. The molecule has 0 aromatic carbocycles. The van der Waals surface area contributed by atoms with Gasteiger partial charge >= 0.3 is 5.97 Å². The van der Waals surface area contributed by atoms with Crippen molar-refractivity contribution in [2.75, 3.05) is 0 Å². The Morgan fingerprint density at radius 1 is 1.14 bits per heavy atom. The Balaban J connectivity index is 1.95. The van der Waals surface area contributed by atoms with Gasteiger partial charge in [0.05, 0.1) is 6.10 Å². The summed E-state index contributed by atoms with van der Waals surface area (Å²) in [6.45, 7) is 1.92. The number of hydrogen-bond donors (Lipinski definition) is 1. The number of fused-ring (bicyclic) bond motifs is 1. The molecule has 0 aliphatic carbocycles. The summed E-state index contributed by atoms with van der Waals surface area (Å²) in [6.07, 6.45) is 6.07. The maximum absolute atomic E-state index is 11.7.